The Morgan fingerprint density at radius 2 is 1.62 bits per heavy atom. The molecule has 0 radical (unpaired) electrons. The maximum absolute atomic E-state index is 13.5. The summed E-state index contributed by atoms with van der Waals surface area (Å²) in [4.78, 5) is 11.5. The van der Waals surface area contributed by atoms with Gasteiger partial charge in [0.2, 0.25) is 0 Å². The first-order valence-electron chi connectivity index (χ1n) is 5.67. The molecule has 0 fully saturated rings. The van der Waals surface area contributed by atoms with Crippen molar-refractivity contribution >= 4 is 23.2 Å². The van der Waals surface area contributed by atoms with Crippen molar-refractivity contribution in [3.8, 4) is 5.69 Å². The highest BCUT2D eigenvalue weighted by Gasteiger charge is 2.76. The molecule has 0 aliphatic heterocycles. The van der Waals surface area contributed by atoms with Gasteiger partial charge in [-0.25, -0.2) is 4.79 Å². The second-order valence-electron chi connectivity index (χ2n) is 4.33. The van der Waals surface area contributed by atoms with Crippen molar-refractivity contribution in [3.05, 3.63) is 44.7 Å². The molecule has 0 saturated heterocycles. The summed E-state index contributed by atoms with van der Waals surface area (Å²) in [6.07, 6.45) is -6.60. The van der Waals surface area contributed by atoms with Crippen LogP contribution in [0.4, 0.5) is 30.7 Å². The molecule has 0 unspecified atom stereocenters. The molecule has 2 rings (SSSR count). The summed E-state index contributed by atoms with van der Waals surface area (Å²) < 4.78 is 93.0. The van der Waals surface area contributed by atoms with E-state index in [1.54, 1.807) is 0 Å². The van der Waals surface area contributed by atoms with Crippen LogP contribution >= 0.6 is 23.2 Å². The lowest BCUT2D eigenvalue weighted by Crippen LogP contribution is -2.50. The summed E-state index contributed by atoms with van der Waals surface area (Å²) in [5.41, 5.74) is -0.410. The minimum absolute atomic E-state index is 0.00829. The fourth-order valence-corrected chi connectivity index (χ4v) is 2.01. The van der Waals surface area contributed by atoms with E-state index in [1.165, 1.54) is 0 Å². The maximum Gasteiger partial charge on any atom is 0.460 e. The van der Waals surface area contributed by atoms with Crippen LogP contribution in [0.5, 0.6) is 0 Å². The van der Waals surface area contributed by atoms with Gasteiger partial charge in [0.15, 0.2) is 0 Å². The Morgan fingerprint density at radius 3 is 2.12 bits per heavy atom. The van der Waals surface area contributed by atoms with E-state index in [4.69, 9.17) is 23.2 Å². The van der Waals surface area contributed by atoms with E-state index >= 15 is 0 Å². The molecule has 2 aromatic rings. The molecule has 0 amide bonds. The smallest absolute Gasteiger partial charge is 0.385 e. The normalized spacial score (nSPS) is 13.4. The molecule has 0 N–H and O–H groups in total. The van der Waals surface area contributed by atoms with Crippen LogP contribution in [0.1, 0.15) is 5.89 Å². The second kappa shape index (κ2) is 5.66. The van der Waals surface area contributed by atoms with Crippen molar-refractivity contribution in [1.82, 2.24) is 9.78 Å². The summed E-state index contributed by atoms with van der Waals surface area (Å²) in [5, 5.41) is 2.47. The van der Waals surface area contributed by atoms with Crippen molar-refractivity contribution in [2.75, 3.05) is 0 Å². The zero-order chi connectivity index (χ0) is 18.5. The third-order valence-electron chi connectivity index (χ3n) is 2.70. The predicted molar refractivity (Wildman–Crippen MR) is 67.0 cm³/mol. The Balaban J connectivity index is 2.58. The van der Waals surface area contributed by atoms with Gasteiger partial charge in [-0.2, -0.15) is 35.4 Å². The van der Waals surface area contributed by atoms with Crippen molar-refractivity contribution < 1.29 is 35.2 Å². The number of rotatable bonds is 3. The summed E-state index contributed by atoms with van der Waals surface area (Å²) in [7, 11) is 0. The van der Waals surface area contributed by atoms with E-state index in [-0.39, 0.29) is 14.7 Å². The van der Waals surface area contributed by atoms with Crippen molar-refractivity contribution in [3.63, 3.8) is 0 Å². The molecule has 132 valence electrons. The molecule has 24 heavy (non-hydrogen) atoms. The van der Waals surface area contributed by atoms with Crippen LogP contribution in [0, 0.1) is 0 Å². The standard InChI is InChI=1S/C11H3Cl2F7N2O2/c12-4-1-2-6(5(13)3-4)22-8(23)24-7(21-22)9(14,15)10(16,17)11(18,19)20/h1-3H. The van der Waals surface area contributed by atoms with Gasteiger partial charge in [0.25, 0.3) is 5.89 Å². The van der Waals surface area contributed by atoms with Gasteiger partial charge in [-0.15, -0.1) is 5.10 Å². The molecule has 4 nitrogen and oxygen atoms in total. The fourth-order valence-electron chi connectivity index (χ4n) is 1.52. The molecular weight excluding hydrogens is 396 g/mol. The average Bonchev–Trinajstić information content (AvgIpc) is 2.80. The van der Waals surface area contributed by atoms with Gasteiger partial charge in [0, 0.05) is 5.02 Å². The van der Waals surface area contributed by atoms with Gasteiger partial charge in [-0.05, 0) is 18.2 Å². The first kappa shape index (κ1) is 18.6. The Labute approximate surface area is 137 Å². The lowest BCUT2D eigenvalue weighted by Gasteiger charge is -2.25. The Morgan fingerprint density at radius 1 is 1.04 bits per heavy atom. The highest BCUT2D eigenvalue weighted by Crippen LogP contribution is 2.51. The Hall–Kier alpha value is -1.75. The van der Waals surface area contributed by atoms with E-state index < -0.39 is 35.4 Å². The highest BCUT2D eigenvalue weighted by molar-refractivity contribution is 6.35. The summed E-state index contributed by atoms with van der Waals surface area (Å²) in [6, 6.07) is 3.20. The van der Waals surface area contributed by atoms with Crippen LogP contribution in [0.3, 0.4) is 0 Å². The van der Waals surface area contributed by atoms with E-state index in [0.717, 1.165) is 18.2 Å². The highest BCUT2D eigenvalue weighted by atomic mass is 35.5. The van der Waals surface area contributed by atoms with Crippen LogP contribution in [-0.4, -0.2) is 21.9 Å². The van der Waals surface area contributed by atoms with Crippen LogP contribution < -0.4 is 5.76 Å². The van der Waals surface area contributed by atoms with Crippen molar-refractivity contribution in [1.29, 1.82) is 0 Å². The lowest BCUT2D eigenvalue weighted by molar-refractivity contribution is -0.364. The summed E-state index contributed by atoms with van der Waals surface area (Å²) in [5.74, 6) is -16.6. The monoisotopic (exact) mass is 398 g/mol. The molecule has 13 heteroatoms. The number of halogens is 9. The lowest BCUT2D eigenvalue weighted by atomic mass is 10.1. The molecule has 0 aliphatic carbocycles. The van der Waals surface area contributed by atoms with E-state index in [9.17, 15) is 35.5 Å². The van der Waals surface area contributed by atoms with Gasteiger partial charge in [-0.3, -0.25) is 0 Å². The zero-order valence-electron chi connectivity index (χ0n) is 10.8. The number of hydrogen-bond acceptors (Lipinski definition) is 3. The second-order valence-corrected chi connectivity index (χ2v) is 5.17. The van der Waals surface area contributed by atoms with E-state index in [2.05, 4.69) is 9.52 Å². The third kappa shape index (κ3) is 2.86. The van der Waals surface area contributed by atoms with Crippen molar-refractivity contribution in [2.45, 2.75) is 18.0 Å². The quantitative estimate of drug-likeness (QED) is 0.719. The molecule has 0 bridgehead atoms. The third-order valence-corrected chi connectivity index (χ3v) is 3.24. The largest absolute Gasteiger partial charge is 0.460 e. The number of alkyl halides is 7. The molecule has 0 aliphatic rings. The SMILES string of the molecule is O=c1oc(C(F)(F)C(F)(F)C(F)(F)F)nn1-c1ccc(Cl)cc1Cl. The molecule has 0 atom stereocenters. The molecule has 0 saturated carbocycles. The predicted octanol–water partition coefficient (Wildman–Crippen LogP) is 4.42. The number of hydrogen-bond donors (Lipinski definition) is 0. The van der Waals surface area contributed by atoms with E-state index in [1.807, 2.05) is 0 Å². The van der Waals surface area contributed by atoms with Crippen LogP contribution in [-0.2, 0) is 5.92 Å². The topological polar surface area (TPSA) is 48.0 Å². The van der Waals surface area contributed by atoms with Gasteiger partial charge in [-0.1, -0.05) is 23.2 Å². The molecule has 1 heterocycles. The van der Waals surface area contributed by atoms with Crippen molar-refractivity contribution in [2.24, 2.45) is 0 Å². The first-order valence-corrected chi connectivity index (χ1v) is 6.43. The maximum atomic E-state index is 13.5. The van der Waals surface area contributed by atoms with E-state index in [0.29, 0.717) is 0 Å². The van der Waals surface area contributed by atoms with Gasteiger partial charge >= 0.3 is 23.8 Å². The van der Waals surface area contributed by atoms with Crippen LogP contribution in [0.15, 0.2) is 27.4 Å². The molecule has 1 aromatic carbocycles. The first-order chi connectivity index (χ1) is 10.8. The average molecular weight is 399 g/mol. The van der Waals surface area contributed by atoms with Gasteiger partial charge in [0.1, 0.15) is 0 Å². The molecular formula is C11H3Cl2F7N2O2. The van der Waals surface area contributed by atoms with Gasteiger partial charge in [0.05, 0.1) is 10.7 Å². The van der Waals surface area contributed by atoms with Gasteiger partial charge < -0.3 is 4.42 Å². The van der Waals surface area contributed by atoms with Crippen LogP contribution in [0.2, 0.25) is 10.0 Å². The summed E-state index contributed by atoms with van der Waals surface area (Å²) in [6.45, 7) is 0. The number of benzene rings is 1. The minimum atomic E-state index is -6.60. The zero-order valence-corrected chi connectivity index (χ0v) is 12.4. The summed E-state index contributed by atoms with van der Waals surface area (Å²) >= 11 is 11.3. The Kier molecular flexibility index (Phi) is 4.38. The molecule has 0 spiro atoms. The number of nitrogens with zero attached hydrogens (tertiary/aromatic N) is 2. The Bertz CT molecular complexity index is 829. The van der Waals surface area contributed by atoms with Crippen LogP contribution in [0.25, 0.3) is 5.69 Å². The number of aromatic nitrogens is 2. The fraction of sp³-hybridized carbons (Fsp3) is 0.273. The minimum Gasteiger partial charge on any atom is -0.385 e. The molecule has 1 aromatic heterocycles.